The van der Waals surface area contributed by atoms with Crippen molar-refractivity contribution in [2.75, 3.05) is 20.0 Å². The number of nitrogens with zero attached hydrogens (tertiary/aromatic N) is 5. The van der Waals surface area contributed by atoms with Crippen LogP contribution in [-0.2, 0) is 27.1 Å². The Morgan fingerprint density at radius 2 is 0.671 bits per heavy atom. The van der Waals surface area contributed by atoms with Crippen LogP contribution in [0.4, 0.5) is 0 Å². The Bertz CT molecular complexity index is 4220. The summed E-state index contributed by atoms with van der Waals surface area (Å²) in [5.74, 6) is 0. The van der Waals surface area contributed by atoms with Gasteiger partial charge in [0.2, 0.25) is 0 Å². The van der Waals surface area contributed by atoms with Gasteiger partial charge in [-0.25, -0.2) is 0 Å². The molecule has 11 aromatic rings. The molecule has 5 nitrogen and oxygen atoms in total. The van der Waals surface area contributed by atoms with E-state index in [9.17, 15) is 10.5 Å². The molecule has 0 radical (unpaired) electrons. The summed E-state index contributed by atoms with van der Waals surface area (Å²) in [6.45, 7) is 41.5. The molecule has 0 aliphatic carbocycles. The molecule has 0 saturated heterocycles. The molecule has 6 heteroatoms. The van der Waals surface area contributed by atoms with Crippen molar-refractivity contribution in [3.8, 4) is 40.3 Å². The Morgan fingerprint density at radius 3 is 1.01 bits per heavy atom. The van der Waals surface area contributed by atoms with Crippen LogP contribution in [0.2, 0.25) is 0 Å². The minimum absolute atomic E-state index is 0.0708. The third kappa shape index (κ3) is 8.95. The second-order valence-corrected chi connectivity index (χ2v) is 33.8. The van der Waals surface area contributed by atoms with Crippen LogP contribution < -0.4 is 5.30 Å². The summed E-state index contributed by atoms with van der Waals surface area (Å²) in [5, 5.41) is 31.2. The number of hydrogen-bond donors (Lipinski definition) is 0. The van der Waals surface area contributed by atoms with Crippen molar-refractivity contribution in [3.63, 3.8) is 0 Å². The number of aromatic nitrogens is 3. The van der Waals surface area contributed by atoms with Crippen molar-refractivity contribution in [2.24, 2.45) is 0 Å². The molecule has 0 amide bonds. The Hall–Kier alpha value is -7.43. The maximum absolute atomic E-state index is 11.8. The topological polar surface area (TPSA) is 62.4 Å². The van der Waals surface area contributed by atoms with Crippen molar-refractivity contribution < 1.29 is 0 Å². The first kappa shape index (κ1) is 53.6. The molecule has 0 bridgehead atoms. The first-order valence-electron chi connectivity index (χ1n) is 28.3. The van der Waals surface area contributed by atoms with E-state index >= 15 is 0 Å². The fourth-order valence-electron chi connectivity index (χ4n) is 12.0. The normalized spacial score (nSPS) is 13.4. The van der Waals surface area contributed by atoms with E-state index in [2.05, 4.69) is 277 Å². The Kier molecular flexibility index (Phi) is 12.2. The molecule has 0 N–H and O–H groups in total. The second kappa shape index (κ2) is 18.0. The van der Waals surface area contributed by atoms with Gasteiger partial charge < -0.3 is 0 Å². The van der Waals surface area contributed by atoms with Crippen molar-refractivity contribution >= 4 is 78.0 Å². The zero-order chi connectivity index (χ0) is 56.8. The molecule has 0 atom stereocenters. The van der Waals surface area contributed by atoms with Crippen LogP contribution in [0.1, 0.15) is 143 Å². The number of fused-ring (bicyclic) bond motifs is 9. The van der Waals surface area contributed by atoms with Crippen molar-refractivity contribution in [2.45, 2.75) is 131 Å². The molecule has 0 saturated carbocycles. The van der Waals surface area contributed by atoms with E-state index in [1.807, 2.05) is 12.1 Å². The van der Waals surface area contributed by atoms with Gasteiger partial charge in [-0.05, 0) is 57.1 Å². The van der Waals surface area contributed by atoms with Gasteiger partial charge in [0.25, 0.3) is 0 Å². The van der Waals surface area contributed by atoms with Crippen LogP contribution in [0.15, 0.2) is 140 Å². The van der Waals surface area contributed by atoms with E-state index in [0.29, 0.717) is 11.1 Å². The average Bonchev–Trinajstić information content (AvgIpc) is 4.05. The molecule has 79 heavy (non-hydrogen) atoms. The predicted molar refractivity (Wildman–Crippen MR) is 344 cm³/mol. The Labute approximate surface area is 469 Å². The molecule has 0 unspecified atom stereocenters. The maximum atomic E-state index is 11.8. The van der Waals surface area contributed by atoms with Gasteiger partial charge in [0.05, 0.1) is 0 Å². The van der Waals surface area contributed by atoms with Crippen molar-refractivity contribution in [1.29, 1.82) is 10.5 Å². The zero-order valence-electron chi connectivity index (χ0n) is 50.0. The summed E-state index contributed by atoms with van der Waals surface area (Å²) in [4.78, 5) is 0. The third-order valence-electron chi connectivity index (χ3n) is 16.9. The van der Waals surface area contributed by atoms with Gasteiger partial charge in [-0.2, -0.15) is 5.26 Å². The Morgan fingerprint density at radius 1 is 0.329 bits per heavy atom. The summed E-state index contributed by atoms with van der Waals surface area (Å²) < 4.78 is 7.27. The molecule has 0 aliphatic heterocycles. The summed E-state index contributed by atoms with van der Waals surface area (Å²) in [7, 11) is -1.78. The summed E-state index contributed by atoms with van der Waals surface area (Å²) in [6.07, 6.45) is 0. The monoisotopic (exact) mass is 1060 g/mol. The van der Waals surface area contributed by atoms with Crippen LogP contribution >= 0.6 is 7.26 Å². The molecular weight excluding hydrogens is 978 g/mol. The SMILES string of the molecule is CC(C)(C)c1ccc2c(c1)c1cc(C(C)(C)C)ccc1n2-c1ccc(C#N)cc1-c1ccc(C#N)c(-n2c3ccc(C(C)(C)C)cc3c3cc([PH](C)(C)C)ccc32)c1-n1c2ccc(C(C)(C)C)cc2c2cc(C(C)(C)C)ccc21. The fraction of sp³-hybridized carbons (Fsp3) is 0.315. The van der Waals surface area contributed by atoms with Gasteiger partial charge >= 0.3 is 304 Å². The summed E-state index contributed by atoms with van der Waals surface area (Å²) in [6, 6.07) is 57.7. The minimum atomic E-state index is -1.78. The number of nitriles is 2. The molecule has 0 aliphatic rings. The van der Waals surface area contributed by atoms with E-state index in [1.54, 1.807) is 0 Å². The van der Waals surface area contributed by atoms with Crippen molar-refractivity contribution in [3.05, 3.63) is 178 Å². The van der Waals surface area contributed by atoms with Crippen LogP contribution in [0, 0.1) is 22.7 Å². The molecule has 400 valence electrons. The number of benzene rings is 8. The first-order chi connectivity index (χ1) is 36.9. The molecule has 8 aromatic carbocycles. The summed E-state index contributed by atoms with van der Waals surface area (Å²) >= 11 is 0. The van der Waals surface area contributed by atoms with Crippen LogP contribution in [0.3, 0.4) is 0 Å². The quantitative estimate of drug-likeness (QED) is 0.161. The average molecular weight is 1060 g/mol. The van der Waals surface area contributed by atoms with E-state index in [0.717, 1.165) is 77.4 Å². The fourth-order valence-corrected chi connectivity index (χ4v) is 13.1. The van der Waals surface area contributed by atoms with Crippen molar-refractivity contribution in [1.82, 2.24) is 13.7 Å². The molecule has 0 fully saturated rings. The van der Waals surface area contributed by atoms with E-state index in [1.165, 1.54) is 49.3 Å². The Balaban J connectivity index is 1.38. The van der Waals surface area contributed by atoms with Gasteiger partial charge in [0.15, 0.2) is 0 Å². The predicted octanol–water partition coefficient (Wildman–Crippen LogP) is 19.1. The van der Waals surface area contributed by atoms with Gasteiger partial charge in [-0.1, -0.05) is 95.2 Å². The van der Waals surface area contributed by atoms with Crippen LogP contribution in [-0.4, -0.2) is 33.7 Å². The van der Waals surface area contributed by atoms with Gasteiger partial charge in [0.1, 0.15) is 0 Å². The van der Waals surface area contributed by atoms with E-state index in [-0.39, 0.29) is 27.1 Å². The van der Waals surface area contributed by atoms with E-state index in [4.69, 9.17) is 0 Å². The van der Waals surface area contributed by atoms with Crippen LogP contribution in [0.5, 0.6) is 0 Å². The zero-order valence-corrected chi connectivity index (χ0v) is 51.0. The number of rotatable bonds is 5. The van der Waals surface area contributed by atoms with Gasteiger partial charge in [-0.3, -0.25) is 0 Å². The van der Waals surface area contributed by atoms with Crippen LogP contribution in [0.25, 0.3) is 93.6 Å². The second-order valence-electron chi connectivity index (χ2n) is 28.7. The van der Waals surface area contributed by atoms with E-state index < -0.39 is 7.26 Å². The molecular formula is C73H78N5P. The standard InChI is InChI=1S/C73H78N5P/c1-69(2,3)46-21-29-61-54(36-46)55-37-47(70(4,5)6)22-30-62(55)76(61)60-28-19-44(42-74)35-53(60)52-27-20-45(43-75)67(77-63-31-23-50(73(13,14)15)40-58(63)59-41-51(79(16,17)18)26-34-66(59)77)68(52)78-64-32-24-48(71(7,8)9)38-56(64)57-39-49(72(10,11)12)25-33-65(57)78/h19-41,79H,1-18H3. The summed E-state index contributed by atoms with van der Waals surface area (Å²) in [5.41, 5.74) is 17.7. The molecule has 11 rings (SSSR count). The van der Waals surface area contributed by atoms with Gasteiger partial charge in [0, 0.05) is 10.8 Å². The first-order valence-corrected chi connectivity index (χ1v) is 31.8. The van der Waals surface area contributed by atoms with Gasteiger partial charge in [-0.15, -0.1) is 0 Å². The molecule has 0 spiro atoms. The third-order valence-corrected chi connectivity index (χ3v) is 18.9. The molecule has 3 aromatic heterocycles. The molecule has 3 heterocycles. The number of hydrogen-bond acceptors (Lipinski definition) is 2.